The van der Waals surface area contributed by atoms with E-state index in [4.69, 9.17) is 4.74 Å². The molecule has 28 heavy (non-hydrogen) atoms. The molecule has 0 bridgehead atoms. The first-order valence-corrected chi connectivity index (χ1v) is 9.81. The molecule has 3 aliphatic rings. The Morgan fingerprint density at radius 3 is 2.54 bits per heavy atom. The normalized spacial score (nSPS) is 29.4. The molecule has 1 N–H and O–H groups in total. The van der Waals surface area contributed by atoms with Crippen molar-refractivity contribution in [2.24, 2.45) is 5.92 Å². The third-order valence-electron chi connectivity index (χ3n) is 6.24. The summed E-state index contributed by atoms with van der Waals surface area (Å²) in [6, 6.07) is 6.77. The zero-order valence-electron chi connectivity index (χ0n) is 15.9. The first-order valence-electron chi connectivity index (χ1n) is 9.81. The first kappa shape index (κ1) is 18.7. The second-order valence-corrected chi connectivity index (χ2v) is 8.08. The van der Waals surface area contributed by atoms with Crippen LogP contribution in [0.5, 0.6) is 5.75 Å². The monoisotopic (exact) mass is 384 g/mol. The SMILES string of the molecule is CC(=O)C1CC2(CCCN2C(=O)c2ccc(OC3CCC(=O)NC3=O)cc2)C1. The highest BCUT2D eigenvalue weighted by molar-refractivity contribution is 6.00. The molecule has 2 saturated heterocycles. The summed E-state index contributed by atoms with van der Waals surface area (Å²) in [5.74, 6) is 0.0425. The van der Waals surface area contributed by atoms with Crippen LogP contribution >= 0.6 is 0 Å². The van der Waals surface area contributed by atoms with E-state index in [1.165, 1.54) is 0 Å². The minimum atomic E-state index is -0.695. The maximum Gasteiger partial charge on any atom is 0.267 e. The van der Waals surface area contributed by atoms with Gasteiger partial charge in [0.25, 0.3) is 11.8 Å². The lowest BCUT2D eigenvalue weighted by Gasteiger charge is -2.50. The number of nitrogens with one attached hydrogen (secondary N) is 1. The predicted molar refractivity (Wildman–Crippen MR) is 99.6 cm³/mol. The summed E-state index contributed by atoms with van der Waals surface area (Å²) in [5, 5.41) is 2.26. The van der Waals surface area contributed by atoms with E-state index in [0.717, 1.165) is 32.2 Å². The number of ether oxygens (including phenoxy) is 1. The topological polar surface area (TPSA) is 92.8 Å². The number of hydrogen-bond donors (Lipinski definition) is 1. The molecule has 3 fully saturated rings. The highest BCUT2D eigenvalue weighted by atomic mass is 16.5. The molecule has 0 aromatic heterocycles. The third-order valence-corrected chi connectivity index (χ3v) is 6.24. The van der Waals surface area contributed by atoms with Crippen LogP contribution in [0.3, 0.4) is 0 Å². The summed E-state index contributed by atoms with van der Waals surface area (Å²) >= 11 is 0. The van der Waals surface area contributed by atoms with Crippen molar-refractivity contribution in [3.8, 4) is 5.75 Å². The Bertz CT molecular complexity index is 826. The number of ketones is 1. The molecule has 1 unspecified atom stereocenters. The quantitative estimate of drug-likeness (QED) is 0.800. The largest absolute Gasteiger partial charge is 0.481 e. The number of likely N-dealkylation sites (tertiary alicyclic amines) is 1. The fourth-order valence-corrected chi connectivity index (χ4v) is 4.61. The maximum atomic E-state index is 13.0. The molecular weight excluding hydrogens is 360 g/mol. The lowest BCUT2D eigenvalue weighted by Crippen LogP contribution is -2.57. The van der Waals surface area contributed by atoms with E-state index < -0.39 is 12.0 Å². The van der Waals surface area contributed by atoms with Gasteiger partial charge in [-0.15, -0.1) is 0 Å². The number of carbonyl (C=O) groups is 4. The molecule has 2 heterocycles. The fourth-order valence-electron chi connectivity index (χ4n) is 4.61. The molecule has 1 atom stereocenters. The van der Waals surface area contributed by atoms with Gasteiger partial charge in [0.05, 0.1) is 0 Å². The van der Waals surface area contributed by atoms with E-state index in [1.807, 2.05) is 4.90 Å². The number of benzene rings is 1. The second kappa shape index (κ2) is 7.04. The van der Waals surface area contributed by atoms with Crippen molar-refractivity contribution in [3.05, 3.63) is 29.8 Å². The van der Waals surface area contributed by atoms with Gasteiger partial charge in [0.2, 0.25) is 5.91 Å². The zero-order valence-corrected chi connectivity index (χ0v) is 15.9. The Morgan fingerprint density at radius 2 is 1.89 bits per heavy atom. The van der Waals surface area contributed by atoms with Crippen LogP contribution in [0.2, 0.25) is 0 Å². The molecule has 7 nitrogen and oxygen atoms in total. The molecule has 1 aliphatic carbocycles. The van der Waals surface area contributed by atoms with E-state index >= 15 is 0 Å². The van der Waals surface area contributed by atoms with Crippen LogP contribution in [0, 0.1) is 5.92 Å². The third kappa shape index (κ3) is 3.30. The van der Waals surface area contributed by atoms with Gasteiger partial charge in [-0.2, -0.15) is 0 Å². The minimum Gasteiger partial charge on any atom is -0.481 e. The van der Waals surface area contributed by atoms with Gasteiger partial charge in [-0.25, -0.2) is 0 Å². The van der Waals surface area contributed by atoms with E-state index in [2.05, 4.69) is 5.32 Å². The van der Waals surface area contributed by atoms with E-state index in [1.54, 1.807) is 31.2 Å². The van der Waals surface area contributed by atoms with Crippen molar-refractivity contribution in [1.29, 1.82) is 0 Å². The van der Waals surface area contributed by atoms with Gasteiger partial charge in [-0.1, -0.05) is 0 Å². The average molecular weight is 384 g/mol. The van der Waals surface area contributed by atoms with Crippen LogP contribution in [-0.2, 0) is 14.4 Å². The Labute approximate surface area is 163 Å². The number of carbonyl (C=O) groups excluding carboxylic acids is 4. The van der Waals surface area contributed by atoms with Crippen LogP contribution in [-0.4, -0.2) is 46.6 Å². The zero-order chi connectivity index (χ0) is 19.9. The molecule has 1 aromatic carbocycles. The number of amides is 3. The number of nitrogens with zero attached hydrogens (tertiary/aromatic N) is 1. The lowest BCUT2D eigenvalue weighted by atomic mass is 9.65. The van der Waals surface area contributed by atoms with Gasteiger partial charge in [0, 0.05) is 36.4 Å². The maximum absolute atomic E-state index is 13.0. The highest BCUT2D eigenvalue weighted by Crippen LogP contribution is 2.49. The molecular formula is C21H24N2O5. The molecule has 1 aromatic rings. The van der Waals surface area contributed by atoms with Gasteiger partial charge in [0.15, 0.2) is 6.10 Å². The summed E-state index contributed by atoms with van der Waals surface area (Å²) in [4.78, 5) is 49.6. The van der Waals surface area contributed by atoms with Crippen LogP contribution in [0.25, 0.3) is 0 Å². The lowest BCUT2D eigenvalue weighted by molar-refractivity contribution is -0.138. The molecule has 4 rings (SSSR count). The van der Waals surface area contributed by atoms with Gasteiger partial charge in [0.1, 0.15) is 11.5 Å². The van der Waals surface area contributed by atoms with E-state index in [9.17, 15) is 19.2 Å². The molecule has 3 amide bonds. The summed E-state index contributed by atoms with van der Waals surface area (Å²) in [7, 11) is 0. The van der Waals surface area contributed by atoms with Gasteiger partial charge >= 0.3 is 0 Å². The molecule has 148 valence electrons. The number of hydrogen-bond acceptors (Lipinski definition) is 5. The molecule has 1 spiro atoms. The van der Waals surface area contributed by atoms with Gasteiger partial charge in [-0.05, 0) is 56.9 Å². The van der Waals surface area contributed by atoms with Crippen molar-refractivity contribution in [2.75, 3.05) is 6.54 Å². The number of imide groups is 1. The Kier molecular flexibility index (Phi) is 4.69. The predicted octanol–water partition coefficient (Wildman–Crippen LogP) is 1.84. The Hall–Kier alpha value is -2.70. The standard InChI is InChI=1S/C21H24N2O5/c1-13(24)15-11-21(12-15)9-2-10-23(21)20(27)14-3-5-16(6-4-14)28-17-7-8-18(25)22-19(17)26/h3-6,15,17H,2,7-12H2,1H3,(H,22,25,26). The van der Waals surface area contributed by atoms with Gasteiger partial charge in [-0.3, -0.25) is 24.5 Å². The summed E-state index contributed by atoms with van der Waals surface area (Å²) in [5.41, 5.74) is 0.415. The number of rotatable bonds is 4. The van der Waals surface area contributed by atoms with Crippen molar-refractivity contribution in [1.82, 2.24) is 10.2 Å². The molecule has 0 radical (unpaired) electrons. The molecule has 7 heteroatoms. The summed E-state index contributed by atoms with van der Waals surface area (Å²) in [6.45, 7) is 2.35. The van der Waals surface area contributed by atoms with Crippen LogP contribution in [0.4, 0.5) is 0 Å². The van der Waals surface area contributed by atoms with Crippen LogP contribution in [0.15, 0.2) is 24.3 Å². The van der Waals surface area contributed by atoms with E-state index in [-0.39, 0.29) is 35.5 Å². The molecule has 2 aliphatic heterocycles. The number of Topliss-reactive ketones (excluding diaryl/α,β-unsaturated/α-hetero) is 1. The average Bonchev–Trinajstić information content (AvgIpc) is 3.08. The second-order valence-electron chi connectivity index (χ2n) is 8.08. The summed E-state index contributed by atoms with van der Waals surface area (Å²) in [6.07, 6.45) is 3.37. The van der Waals surface area contributed by atoms with Crippen LogP contribution < -0.4 is 10.1 Å². The number of piperidine rings is 1. The minimum absolute atomic E-state index is 0.0212. The van der Waals surface area contributed by atoms with Gasteiger partial charge < -0.3 is 9.64 Å². The highest BCUT2D eigenvalue weighted by Gasteiger charge is 2.53. The Morgan fingerprint density at radius 1 is 1.18 bits per heavy atom. The Balaban J connectivity index is 1.41. The smallest absolute Gasteiger partial charge is 0.267 e. The van der Waals surface area contributed by atoms with Crippen molar-refractivity contribution in [3.63, 3.8) is 0 Å². The fraction of sp³-hybridized carbons (Fsp3) is 0.524. The van der Waals surface area contributed by atoms with Crippen molar-refractivity contribution < 1.29 is 23.9 Å². The van der Waals surface area contributed by atoms with E-state index in [0.29, 0.717) is 17.7 Å². The van der Waals surface area contributed by atoms with Crippen molar-refractivity contribution in [2.45, 2.75) is 57.1 Å². The van der Waals surface area contributed by atoms with Crippen LogP contribution in [0.1, 0.15) is 55.8 Å². The van der Waals surface area contributed by atoms with Crippen molar-refractivity contribution >= 4 is 23.5 Å². The molecule has 1 saturated carbocycles. The first-order chi connectivity index (χ1) is 13.4. The summed E-state index contributed by atoms with van der Waals surface area (Å²) < 4.78 is 5.66.